The lowest BCUT2D eigenvalue weighted by Crippen LogP contribution is -2.38. The smallest absolute Gasteiger partial charge is 0.252 e. The lowest BCUT2D eigenvalue weighted by atomic mass is 9.85. The predicted octanol–water partition coefficient (Wildman–Crippen LogP) is 3.41. The van der Waals surface area contributed by atoms with Crippen LogP contribution in [-0.4, -0.2) is 48.7 Å². The minimum atomic E-state index is -0.729. The molecule has 0 aromatic heterocycles. The number of carbonyl (C=O) groups is 2. The summed E-state index contributed by atoms with van der Waals surface area (Å²) >= 11 is 0. The molecule has 0 bridgehead atoms. The maximum Gasteiger partial charge on any atom is 0.252 e. The van der Waals surface area contributed by atoms with E-state index in [2.05, 4.69) is 0 Å². The maximum atomic E-state index is 13.3. The maximum absolute atomic E-state index is 13.3. The Labute approximate surface area is 165 Å². The summed E-state index contributed by atoms with van der Waals surface area (Å²) in [5.74, 6) is -0.616. The molecule has 146 valence electrons. The molecule has 2 aliphatic heterocycles. The Morgan fingerprint density at radius 3 is 2.36 bits per heavy atom. The lowest BCUT2D eigenvalue weighted by molar-refractivity contribution is -0.192. The van der Waals surface area contributed by atoms with Crippen LogP contribution in [0.25, 0.3) is 0 Å². The van der Waals surface area contributed by atoms with E-state index in [1.165, 1.54) is 0 Å². The van der Waals surface area contributed by atoms with E-state index in [4.69, 9.17) is 9.47 Å². The van der Waals surface area contributed by atoms with E-state index < -0.39 is 18.4 Å². The van der Waals surface area contributed by atoms with Crippen molar-refractivity contribution >= 4 is 11.7 Å². The average Bonchev–Trinajstić information content (AvgIpc) is 3.00. The van der Waals surface area contributed by atoms with Gasteiger partial charge in [-0.05, 0) is 24.8 Å². The van der Waals surface area contributed by atoms with Gasteiger partial charge in [0.1, 0.15) is 12.1 Å². The Morgan fingerprint density at radius 1 is 1.04 bits per heavy atom. The number of amides is 1. The highest BCUT2D eigenvalue weighted by atomic mass is 16.7. The Bertz CT molecular complexity index is 817. The molecule has 4 atom stereocenters. The van der Waals surface area contributed by atoms with Gasteiger partial charge in [-0.3, -0.25) is 9.59 Å². The first-order valence-electron chi connectivity index (χ1n) is 9.85. The lowest BCUT2D eigenvalue weighted by Gasteiger charge is -2.28. The highest BCUT2D eigenvalue weighted by Crippen LogP contribution is 2.38. The summed E-state index contributed by atoms with van der Waals surface area (Å²) < 4.78 is 11.9. The summed E-state index contributed by atoms with van der Waals surface area (Å²) in [4.78, 5) is 28.0. The number of likely N-dealkylation sites (tertiary alicyclic amines) is 1. The third-order valence-electron chi connectivity index (χ3n) is 5.62. The normalized spacial score (nSPS) is 27.8. The van der Waals surface area contributed by atoms with Crippen LogP contribution in [0.4, 0.5) is 0 Å². The second kappa shape index (κ2) is 8.25. The van der Waals surface area contributed by atoms with Crippen molar-refractivity contribution < 1.29 is 19.1 Å². The molecule has 2 fully saturated rings. The molecular formula is C23H25NO4. The van der Waals surface area contributed by atoms with Crippen LogP contribution in [-0.2, 0) is 14.3 Å². The summed E-state index contributed by atoms with van der Waals surface area (Å²) in [7, 11) is 1.69. The minimum absolute atomic E-state index is 0.0686. The highest BCUT2D eigenvalue weighted by Gasteiger charge is 2.52. The number of ether oxygens (including phenoxy) is 2. The van der Waals surface area contributed by atoms with Gasteiger partial charge in [-0.25, -0.2) is 0 Å². The van der Waals surface area contributed by atoms with Crippen LogP contribution in [0.1, 0.15) is 41.1 Å². The first-order valence-corrected chi connectivity index (χ1v) is 9.85. The van der Waals surface area contributed by atoms with Crippen molar-refractivity contribution in [3.8, 4) is 0 Å². The molecule has 4 rings (SSSR count). The first kappa shape index (κ1) is 18.8. The van der Waals surface area contributed by atoms with Crippen LogP contribution >= 0.6 is 0 Å². The first-order chi connectivity index (χ1) is 13.7. The van der Waals surface area contributed by atoms with Crippen molar-refractivity contribution in [3.05, 3.63) is 71.8 Å². The fraction of sp³-hybridized carbons (Fsp3) is 0.391. The third-order valence-corrected chi connectivity index (χ3v) is 5.62. The van der Waals surface area contributed by atoms with Crippen molar-refractivity contribution in [2.45, 2.75) is 43.6 Å². The molecule has 2 aliphatic rings. The molecular weight excluding hydrogens is 354 g/mol. The molecule has 2 heterocycles. The van der Waals surface area contributed by atoms with Gasteiger partial charge in [0.05, 0.1) is 0 Å². The second-order valence-electron chi connectivity index (χ2n) is 7.41. The topological polar surface area (TPSA) is 55.8 Å². The zero-order valence-corrected chi connectivity index (χ0v) is 16.0. The molecule has 2 aromatic rings. The van der Waals surface area contributed by atoms with E-state index in [-0.39, 0.29) is 17.6 Å². The largest absolute Gasteiger partial charge is 0.353 e. The molecule has 0 aliphatic carbocycles. The van der Waals surface area contributed by atoms with E-state index in [9.17, 15) is 9.59 Å². The van der Waals surface area contributed by atoms with E-state index >= 15 is 0 Å². The van der Waals surface area contributed by atoms with Crippen LogP contribution in [0, 0.1) is 0 Å². The number of rotatable bonds is 5. The Morgan fingerprint density at radius 2 is 1.71 bits per heavy atom. The molecule has 2 saturated heterocycles. The molecule has 5 nitrogen and oxygen atoms in total. The van der Waals surface area contributed by atoms with Gasteiger partial charge in [0.2, 0.25) is 0 Å². The molecule has 28 heavy (non-hydrogen) atoms. The average molecular weight is 379 g/mol. The Balaban J connectivity index is 1.69. The summed E-state index contributed by atoms with van der Waals surface area (Å²) in [5, 5.41) is 0. The molecule has 1 amide bonds. The third kappa shape index (κ3) is 3.60. The van der Waals surface area contributed by atoms with Gasteiger partial charge in [-0.1, -0.05) is 60.7 Å². The number of Topliss-reactive ketones (excluding diaryl/α,β-unsaturated/α-hetero) is 1. The number of hydrogen-bond donors (Lipinski definition) is 0. The summed E-state index contributed by atoms with van der Waals surface area (Å²) in [5.41, 5.74) is 1.53. The van der Waals surface area contributed by atoms with Crippen molar-refractivity contribution in [2.75, 3.05) is 13.7 Å². The second-order valence-corrected chi connectivity index (χ2v) is 7.41. The summed E-state index contributed by atoms with van der Waals surface area (Å²) in [6, 6.07) is 18.2. The van der Waals surface area contributed by atoms with E-state index in [1.807, 2.05) is 48.5 Å². The van der Waals surface area contributed by atoms with Crippen LogP contribution in [0.2, 0.25) is 0 Å². The standard InChI is InChI=1S/C23H25NO4/c1-24-20(21(25)17-12-6-3-7-13-17)19(16-10-4-2-5-11-16)22(23(24)26)28-18-14-8-9-15-27-18/h2-7,10-13,18-20,22H,8-9,14-15H2,1H3/t18?,19-,20+,22+/m1/s1. The number of carbonyl (C=O) groups excluding carboxylic acids is 2. The number of hydrogen-bond acceptors (Lipinski definition) is 4. The predicted molar refractivity (Wildman–Crippen MR) is 105 cm³/mol. The fourth-order valence-electron chi connectivity index (χ4n) is 4.17. The number of nitrogens with zero attached hydrogens (tertiary/aromatic N) is 1. The van der Waals surface area contributed by atoms with Crippen LogP contribution in [0.3, 0.4) is 0 Å². The molecule has 5 heteroatoms. The van der Waals surface area contributed by atoms with Gasteiger partial charge >= 0.3 is 0 Å². The molecule has 0 N–H and O–H groups in total. The van der Waals surface area contributed by atoms with Gasteiger partial charge in [-0.2, -0.15) is 0 Å². The zero-order chi connectivity index (χ0) is 19.5. The van der Waals surface area contributed by atoms with Gasteiger partial charge in [0.25, 0.3) is 5.91 Å². The number of ketones is 1. The molecule has 0 radical (unpaired) electrons. The number of likely N-dealkylation sites (N-methyl/N-ethyl adjacent to an activating group) is 1. The van der Waals surface area contributed by atoms with E-state index in [0.29, 0.717) is 12.2 Å². The number of benzene rings is 2. The van der Waals surface area contributed by atoms with E-state index in [1.54, 1.807) is 24.1 Å². The fourth-order valence-corrected chi connectivity index (χ4v) is 4.17. The summed E-state index contributed by atoms with van der Waals surface area (Å²) in [6.07, 6.45) is 1.67. The highest BCUT2D eigenvalue weighted by molar-refractivity contribution is 6.05. The van der Waals surface area contributed by atoms with Crippen molar-refractivity contribution in [3.63, 3.8) is 0 Å². The molecule has 0 spiro atoms. The summed E-state index contributed by atoms with van der Waals surface area (Å²) in [6.45, 7) is 0.643. The van der Waals surface area contributed by atoms with Crippen molar-refractivity contribution in [2.24, 2.45) is 0 Å². The van der Waals surface area contributed by atoms with Gasteiger partial charge < -0.3 is 14.4 Å². The molecule has 0 saturated carbocycles. The molecule has 1 unspecified atom stereocenters. The van der Waals surface area contributed by atoms with Gasteiger partial charge in [0, 0.05) is 25.1 Å². The van der Waals surface area contributed by atoms with Crippen molar-refractivity contribution in [1.29, 1.82) is 0 Å². The van der Waals surface area contributed by atoms with Crippen molar-refractivity contribution in [1.82, 2.24) is 4.90 Å². The van der Waals surface area contributed by atoms with Gasteiger partial charge in [0.15, 0.2) is 12.1 Å². The zero-order valence-electron chi connectivity index (χ0n) is 16.0. The van der Waals surface area contributed by atoms with Crippen LogP contribution in [0.15, 0.2) is 60.7 Å². The Kier molecular flexibility index (Phi) is 5.55. The monoisotopic (exact) mass is 379 g/mol. The molecule has 2 aromatic carbocycles. The van der Waals surface area contributed by atoms with Gasteiger partial charge in [-0.15, -0.1) is 0 Å². The van der Waals surface area contributed by atoms with Crippen LogP contribution in [0.5, 0.6) is 0 Å². The van der Waals surface area contributed by atoms with Crippen LogP contribution < -0.4 is 0 Å². The quantitative estimate of drug-likeness (QED) is 0.747. The van der Waals surface area contributed by atoms with E-state index in [0.717, 1.165) is 24.8 Å². The SMILES string of the molecule is CN1C(=O)[C@@H](OC2CCCCO2)[C@H](c2ccccc2)[C@H]1C(=O)c1ccccc1. The Hall–Kier alpha value is -2.50. The minimum Gasteiger partial charge on any atom is -0.353 e.